The number of hydrogen-bond acceptors (Lipinski definition) is 10. The van der Waals surface area contributed by atoms with E-state index in [1.54, 1.807) is 25.9 Å². The number of nitrogens with zero attached hydrogens (tertiary/aromatic N) is 2. The number of carboxylic acid groups (broad SMARTS) is 1. The first-order valence-corrected chi connectivity index (χ1v) is 16.7. The molecular formula is C29H47BrN8O6. The van der Waals surface area contributed by atoms with Gasteiger partial charge in [0, 0.05) is 36.3 Å². The van der Waals surface area contributed by atoms with Crippen molar-refractivity contribution in [3.63, 3.8) is 0 Å². The molecule has 0 bridgehead atoms. The minimum atomic E-state index is -1.38. The maximum atomic E-state index is 14.2. The second-order valence-electron chi connectivity index (χ2n) is 13.7. The summed E-state index contributed by atoms with van der Waals surface area (Å²) in [5.74, 6) is -1.98. The molecule has 5 rings (SSSR count). The topological polar surface area (TPSA) is 176 Å². The molecule has 0 radical (unpaired) electrons. The number of ether oxygens (including phenoxy) is 1. The number of rotatable bonds is 4. The number of carboxylic acids is 1. The predicted molar refractivity (Wildman–Crippen MR) is 165 cm³/mol. The Morgan fingerprint density at radius 3 is 2.68 bits per heavy atom. The molecule has 4 aliphatic heterocycles. The van der Waals surface area contributed by atoms with Gasteiger partial charge in [0.2, 0.25) is 11.8 Å². The van der Waals surface area contributed by atoms with Crippen LogP contribution in [0.4, 0.5) is 4.79 Å². The fourth-order valence-electron chi connectivity index (χ4n) is 6.66. The van der Waals surface area contributed by atoms with Crippen LogP contribution in [0.15, 0.2) is 12.2 Å². The number of allylic oxidation sites excluding steroid dienone is 1. The molecule has 246 valence electrons. The number of fused-ring (bicyclic) bond motifs is 2. The van der Waals surface area contributed by atoms with E-state index < -0.39 is 41.2 Å². The number of carbonyl (C=O) groups is 4. The summed E-state index contributed by atoms with van der Waals surface area (Å²) in [6.07, 6.45) is 8.22. The zero-order valence-corrected chi connectivity index (χ0v) is 27.3. The lowest BCUT2D eigenvalue weighted by Gasteiger charge is -2.31. The lowest BCUT2D eigenvalue weighted by atomic mass is 9.97. The Labute approximate surface area is 266 Å². The molecular weight excluding hydrogens is 636 g/mol. The van der Waals surface area contributed by atoms with E-state index >= 15 is 0 Å². The van der Waals surface area contributed by atoms with Gasteiger partial charge in [-0.25, -0.2) is 20.4 Å². The Hall–Kier alpha value is -2.30. The molecule has 14 nitrogen and oxygen atoms in total. The summed E-state index contributed by atoms with van der Waals surface area (Å²) in [5.41, 5.74) is 7.80. The highest BCUT2D eigenvalue weighted by Gasteiger charge is 2.61. The Bertz CT molecular complexity index is 1140. The van der Waals surface area contributed by atoms with E-state index in [9.17, 15) is 24.3 Å². The molecule has 0 aromatic rings. The van der Waals surface area contributed by atoms with E-state index in [1.807, 2.05) is 12.2 Å². The standard InChI is InChI=1S/C29H47BrN8O6/c1-28(2,3)44-27(43)32-21-10-8-6-4-5-7-9-18-13-29(18,26(41)42)33-24(39)22-12-20(16-37(22)25(21)40)38-35-23(34-36-38)17-11-19(30)15-31-14-17/h7,9,17-23,31,34-36H,4-6,8,10-16H2,1-3H3,(H,32,43)(H,33,39)(H,41,42)/b9-7-/t17?,18-,19?,20+,21-,22+,23?,29+/m1/s1. The van der Waals surface area contributed by atoms with Gasteiger partial charge < -0.3 is 30.7 Å². The first-order valence-electron chi connectivity index (χ1n) is 15.8. The van der Waals surface area contributed by atoms with Crippen molar-refractivity contribution >= 4 is 39.8 Å². The SMILES string of the molecule is CC(C)(C)OC(=O)N[C@@H]1CCCCC/C=C\[C@@H]2C[C@]2(C(=O)O)NC(=O)[C@@H]2C[C@H](N3NNC(C4CNCC(Br)C4)N3)CN2C1=O. The van der Waals surface area contributed by atoms with Crippen molar-refractivity contribution in [3.8, 4) is 0 Å². The van der Waals surface area contributed by atoms with Crippen LogP contribution in [0.5, 0.6) is 0 Å². The summed E-state index contributed by atoms with van der Waals surface area (Å²) in [4.78, 5) is 55.0. The minimum Gasteiger partial charge on any atom is -0.479 e. The normalized spacial score (nSPS) is 38.0. The van der Waals surface area contributed by atoms with E-state index in [1.165, 1.54) is 4.90 Å². The van der Waals surface area contributed by atoms with Crippen molar-refractivity contribution in [2.24, 2.45) is 11.8 Å². The number of piperidine rings is 1. The van der Waals surface area contributed by atoms with Gasteiger partial charge in [0.25, 0.3) is 0 Å². The van der Waals surface area contributed by atoms with Crippen molar-refractivity contribution < 1.29 is 29.0 Å². The summed E-state index contributed by atoms with van der Waals surface area (Å²) in [6.45, 7) is 7.21. The number of halogens is 1. The van der Waals surface area contributed by atoms with E-state index in [0.717, 1.165) is 38.8 Å². The van der Waals surface area contributed by atoms with Gasteiger partial charge in [-0.2, -0.15) is 10.7 Å². The Morgan fingerprint density at radius 1 is 1.16 bits per heavy atom. The van der Waals surface area contributed by atoms with Crippen molar-refractivity contribution in [2.75, 3.05) is 19.6 Å². The Kier molecular flexibility index (Phi) is 10.2. The van der Waals surface area contributed by atoms with E-state index in [0.29, 0.717) is 30.0 Å². The van der Waals surface area contributed by atoms with E-state index in [4.69, 9.17) is 4.74 Å². The lowest BCUT2D eigenvalue weighted by Crippen LogP contribution is -2.56. The van der Waals surface area contributed by atoms with Crippen LogP contribution in [0.2, 0.25) is 0 Å². The van der Waals surface area contributed by atoms with Crippen molar-refractivity contribution in [1.29, 1.82) is 0 Å². The summed E-state index contributed by atoms with van der Waals surface area (Å²) in [5, 5.41) is 20.9. The van der Waals surface area contributed by atoms with Gasteiger partial charge in [0.1, 0.15) is 23.2 Å². The first-order chi connectivity index (χ1) is 20.9. The second kappa shape index (κ2) is 13.6. The number of nitrogens with one attached hydrogen (secondary N) is 6. The fraction of sp³-hybridized carbons (Fsp3) is 0.793. The molecule has 3 saturated heterocycles. The van der Waals surface area contributed by atoms with Crippen molar-refractivity contribution in [3.05, 3.63) is 12.2 Å². The number of amides is 3. The van der Waals surface area contributed by atoms with Gasteiger partial charge in [-0.1, -0.05) is 40.9 Å². The Balaban J connectivity index is 1.37. The van der Waals surface area contributed by atoms with Gasteiger partial charge in [-0.3, -0.25) is 9.59 Å². The average molecular weight is 684 g/mol. The number of aliphatic carboxylic acids is 1. The molecule has 4 heterocycles. The van der Waals surface area contributed by atoms with Crippen LogP contribution < -0.4 is 32.3 Å². The minimum absolute atomic E-state index is 0.0682. The molecule has 0 aromatic heterocycles. The second-order valence-corrected chi connectivity index (χ2v) is 15.0. The first kappa shape index (κ1) is 33.1. The Morgan fingerprint density at radius 2 is 1.95 bits per heavy atom. The summed E-state index contributed by atoms with van der Waals surface area (Å²) in [7, 11) is 0. The molecule has 44 heavy (non-hydrogen) atoms. The number of alkyl carbamates (subject to hydrolysis) is 1. The molecule has 7 N–H and O–H groups in total. The van der Waals surface area contributed by atoms with Gasteiger partial charge in [0.05, 0.1) is 12.2 Å². The van der Waals surface area contributed by atoms with Crippen LogP contribution in [0.25, 0.3) is 0 Å². The smallest absolute Gasteiger partial charge is 0.408 e. The van der Waals surface area contributed by atoms with Gasteiger partial charge in [-0.15, -0.1) is 0 Å². The molecule has 1 saturated carbocycles. The van der Waals surface area contributed by atoms with Crippen LogP contribution in [-0.2, 0) is 19.1 Å². The number of carbonyl (C=O) groups excluding carboxylic acids is 3. The number of hydrazine groups is 3. The third-order valence-electron chi connectivity index (χ3n) is 9.11. The van der Waals surface area contributed by atoms with Crippen LogP contribution in [0.3, 0.4) is 0 Å². The highest BCUT2D eigenvalue weighted by molar-refractivity contribution is 9.09. The molecule has 3 amide bonds. The zero-order valence-electron chi connectivity index (χ0n) is 25.7. The molecule has 15 heteroatoms. The van der Waals surface area contributed by atoms with Crippen LogP contribution in [0.1, 0.15) is 72.1 Å². The number of alkyl halides is 1. The highest BCUT2D eigenvalue weighted by atomic mass is 79.9. The van der Waals surface area contributed by atoms with E-state index in [2.05, 4.69) is 48.3 Å². The van der Waals surface area contributed by atoms with Crippen molar-refractivity contribution in [2.45, 2.75) is 112 Å². The fourth-order valence-corrected chi connectivity index (χ4v) is 7.37. The molecule has 8 atom stereocenters. The summed E-state index contributed by atoms with van der Waals surface area (Å²) >= 11 is 3.70. The monoisotopic (exact) mass is 682 g/mol. The third kappa shape index (κ3) is 7.73. The highest BCUT2D eigenvalue weighted by Crippen LogP contribution is 2.45. The summed E-state index contributed by atoms with van der Waals surface area (Å²) in [6, 6.07) is -2.12. The van der Waals surface area contributed by atoms with Gasteiger partial charge in [-0.05, 0) is 59.3 Å². The lowest BCUT2D eigenvalue weighted by molar-refractivity contribution is -0.145. The molecule has 4 fully saturated rings. The molecule has 5 aliphatic rings. The van der Waals surface area contributed by atoms with Crippen LogP contribution >= 0.6 is 15.9 Å². The maximum absolute atomic E-state index is 14.2. The maximum Gasteiger partial charge on any atom is 0.408 e. The summed E-state index contributed by atoms with van der Waals surface area (Å²) < 4.78 is 5.47. The molecule has 0 aromatic carbocycles. The largest absolute Gasteiger partial charge is 0.479 e. The van der Waals surface area contributed by atoms with Crippen LogP contribution in [-0.4, -0.2) is 98.9 Å². The van der Waals surface area contributed by atoms with Gasteiger partial charge >= 0.3 is 12.1 Å². The molecule has 1 aliphatic carbocycles. The molecule has 3 unspecified atom stereocenters. The quantitative estimate of drug-likeness (QED) is 0.165. The third-order valence-corrected chi connectivity index (χ3v) is 9.81. The predicted octanol–water partition coefficient (Wildman–Crippen LogP) is 0.858. The van der Waals surface area contributed by atoms with Crippen molar-refractivity contribution in [1.82, 2.24) is 42.4 Å². The molecule has 0 spiro atoms. The van der Waals surface area contributed by atoms with Gasteiger partial charge in [0.15, 0.2) is 0 Å². The average Bonchev–Trinajstić information content (AvgIpc) is 3.27. The van der Waals surface area contributed by atoms with E-state index in [-0.39, 0.29) is 37.0 Å². The zero-order chi connectivity index (χ0) is 31.6. The number of hydrogen-bond donors (Lipinski definition) is 7. The van der Waals surface area contributed by atoms with Crippen LogP contribution in [0, 0.1) is 11.8 Å².